The minimum absolute atomic E-state index is 0.148. The van der Waals surface area contributed by atoms with Gasteiger partial charge in [0.05, 0.1) is 6.61 Å². The van der Waals surface area contributed by atoms with E-state index in [-0.39, 0.29) is 5.75 Å². The predicted molar refractivity (Wildman–Crippen MR) is 98.4 cm³/mol. The van der Waals surface area contributed by atoms with Crippen molar-refractivity contribution in [1.82, 2.24) is 0 Å². The van der Waals surface area contributed by atoms with Gasteiger partial charge in [0.1, 0.15) is 12.0 Å². The van der Waals surface area contributed by atoms with Gasteiger partial charge in [0, 0.05) is 12.0 Å². The molecule has 0 amide bonds. The Morgan fingerprint density at radius 2 is 2.13 bits per heavy atom. The molecule has 1 unspecified atom stereocenters. The lowest BCUT2D eigenvalue weighted by molar-refractivity contribution is 0.112. The summed E-state index contributed by atoms with van der Waals surface area (Å²) in [7, 11) is 0. The molecule has 1 atom stereocenters. The summed E-state index contributed by atoms with van der Waals surface area (Å²) in [5.41, 5.74) is 2.19. The van der Waals surface area contributed by atoms with E-state index in [1.54, 1.807) is 0 Å². The van der Waals surface area contributed by atoms with Crippen molar-refractivity contribution < 1.29 is 14.6 Å². The van der Waals surface area contributed by atoms with Gasteiger partial charge < -0.3 is 9.84 Å². The molecule has 0 aliphatic heterocycles. The minimum atomic E-state index is 0.148. The summed E-state index contributed by atoms with van der Waals surface area (Å²) >= 11 is 5.30. The van der Waals surface area contributed by atoms with Gasteiger partial charge in [-0.1, -0.05) is 39.2 Å². The Hall–Kier alpha value is -1.42. The molecule has 0 spiro atoms. The van der Waals surface area contributed by atoms with Crippen molar-refractivity contribution in [2.24, 2.45) is 5.92 Å². The molecular weight excluding hydrogens is 308 g/mol. The first-order chi connectivity index (χ1) is 11.0. The van der Waals surface area contributed by atoms with Crippen molar-refractivity contribution in [1.29, 1.82) is 0 Å². The molecule has 0 saturated heterocycles. The van der Waals surface area contributed by atoms with E-state index in [4.69, 9.17) is 17.0 Å². The maximum absolute atomic E-state index is 10.9. The molecule has 0 heterocycles. The van der Waals surface area contributed by atoms with E-state index < -0.39 is 0 Å². The number of benzene rings is 1. The van der Waals surface area contributed by atoms with Gasteiger partial charge in [-0.15, -0.1) is 0 Å². The molecule has 4 heteroatoms. The molecule has 0 fully saturated rings. The van der Waals surface area contributed by atoms with Crippen molar-refractivity contribution in [2.75, 3.05) is 6.61 Å². The van der Waals surface area contributed by atoms with Crippen LogP contribution in [-0.2, 0) is 11.2 Å². The lowest BCUT2D eigenvalue weighted by Crippen LogP contribution is -2.13. The zero-order valence-corrected chi connectivity index (χ0v) is 15.2. The van der Waals surface area contributed by atoms with E-state index in [2.05, 4.69) is 13.8 Å². The van der Waals surface area contributed by atoms with Crippen LogP contribution >= 0.6 is 12.2 Å². The summed E-state index contributed by atoms with van der Waals surface area (Å²) in [6.07, 6.45) is 6.71. The van der Waals surface area contributed by atoms with E-state index in [0.717, 1.165) is 23.8 Å². The maximum atomic E-state index is 10.9. The number of aldehydes is 1. The third-order valence-electron chi connectivity index (χ3n) is 4.22. The number of hydrogen-bond donors (Lipinski definition) is 1. The van der Waals surface area contributed by atoms with Gasteiger partial charge in [-0.25, -0.2) is 0 Å². The van der Waals surface area contributed by atoms with Crippen molar-refractivity contribution in [3.05, 3.63) is 28.8 Å². The van der Waals surface area contributed by atoms with Crippen LogP contribution in [0.1, 0.15) is 67.4 Å². The fourth-order valence-corrected chi connectivity index (χ4v) is 2.69. The number of ether oxygens (including phenoxy) is 1. The molecular formula is C19H28O3S. The number of unbranched alkanes of at least 4 members (excludes halogenated alkanes) is 1. The average Bonchev–Trinajstić information content (AvgIpc) is 2.55. The Balaban J connectivity index is 2.47. The van der Waals surface area contributed by atoms with Crippen molar-refractivity contribution in [2.45, 2.75) is 59.3 Å². The zero-order valence-electron chi connectivity index (χ0n) is 14.4. The second-order valence-corrected chi connectivity index (χ2v) is 6.51. The Bertz CT molecular complexity index is 526. The number of phenolic OH excluding ortho intramolecular Hbond substituents is 1. The van der Waals surface area contributed by atoms with Gasteiger partial charge in [0.2, 0.25) is 0 Å². The molecule has 0 aliphatic rings. The summed E-state index contributed by atoms with van der Waals surface area (Å²) in [6, 6.07) is 3.36. The number of aryl methyl sites for hydroxylation is 2. The van der Waals surface area contributed by atoms with E-state index >= 15 is 0 Å². The average molecular weight is 336 g/mol. The second kappa shape index (κ2) is 10.4. The van der Waals surface area contributed by atoms with Crippen molar-refractivity contribution >= 4 is 23.6 Å². The highest BCUT2D eigenvalue weighted by Gasteiger charge is 2.10. The highest BCUT2D eigenvalue weighted by atomic mass is 32.1. The molecule has 1 aromatic carbocycles. The summed E-state index contributed by atoms with van der Waals surface area (Å²) in [5, 5.41) is 10.6. The normalized spacial score (nSPS) is 12.0. The van der Waals surface area contributed by atoms with E-state index in [9.17, 15) is 9.90 Å². The van der Waals surface area contributed by atoms with Crippen LogP contribution in [-0.4, -0.2) is 23.1 Å². The third kappa shape index (κ3) is 6.69. The van der Waals surface area contributed by atoms with Gasteiger partial charge in [-0.2, -0.15) is 0 Å². The first kappa shape index (κ1) is 19.6. The van der Waals surface area contributed by atoms with E-state index in [1.165, 1.54) is 25.3 Å². The minimum Gasteiger partial charge on any atom is -0.508 e. The first-order valence-electron chi connectivity index (χ1n) is 8.45. The lowest BCUT2D eigenvalue weighted by atomic mass is 10.0. The highest BCUT2D eigenvalue weighted by molar-refractivity contribution is 7.80. The fraction of sp³-hybridized carbons (Fsp3) is 0.579. The van der Waals surface area contributed by atoms with Gasteiger partial charge in [0.15, 0.2) is 5.05 Å². The van der Waals surface area contributed by atoms with Crippen LogP contribution in [0.5, 0.6) is 5.75 Å². The molecule has 0 saturated carbocycles. The summed E-state index contributed by atoms with van der Waals surface area (Å²) in [4.78, 5) is 10.9. The molecule has 3 nitrogen and oxygen atoms in total. The van der Waals surface area contributed by atoms with E-state index in [0.29, 0.717) is 36.0 Å². The summed E-state index contributed by atoms with van der Waals surface area (Å²) in [6.45, 7) is 6.93. The SMILES string of the molecule is CCCCC(CC)COC(=S)CCc1cc(C)c(C=O)cc1O. The van der Waals surface area contributed by atoms with Crippen LogP contribution in [0.15, 0.2) is 12.1 Å². The number of carbonyl (C=O) groups is 1. The Labute approximate surface area is 145 Å². The molecule has 1 N–H and O–H groups in total. The number of carbonyl (C=O) groups excluding carboxylic acids is 1. The highest BCUT2D eigenvalue weighted by Crippen LogP contribution is 2.23. The molecule has 23 heavy (non-hydrogen) atoms. The van der Waals surface area contributed by atoms with E-state index in [1.807, 2.05) is 13.0 Å². The van der Waals surface area contributed by atoms with Gasteiger partial charge in [-0.05, 0) is 55.1 Å². The number of hydrogen-bond acceptors (Lipinski definition) is 4. The Kier molecular flexibility index (Phi) is 8.85. The quantitative estimate of drug-likeness (QED) is 0.482. The molecule has 1 aromatic rings. The molecule has 128 valence electrons. The lowest BCUT2D eigenvalue weighted by Gasteiger charge is -2.16. The third-order valence-corrected chi connectivity index (χ3v) is 4.54. The zero-order chi connectivity index (χ0) is 17.2. The topological polar surface area (TPSA) is 46.5 Å². The van der Waals surface area contributed by atoms with Crippen LogP contribution in [0.4, 0.5) is 0 Å². The number of rotatable bonds is 10. The molecule has 0 aromatic heterocycles. The Morgan fingerprint density at radius 3 is 2.74 bits per heavy atom. The molecule has 1 rings (SSSR count). The van der Waals surface area contributed by atoms with Crippen LogP contribution in [0.3, 0.4) is 0 Å². The predicted octanol–water partition coefficient (Wildman–Crippen LogP) is 5.01. The second-order valence-electron chi connectivity index (χ2n) is 6.05. The van der Waals surface area contributed by atoms with Crippen molar-refractivity contribution in [3.63, 3.8) is 0 Å². The largest absolute Gasteiger partial charge is 0.508 e. The molecule has 0 aliphatic carbocycles. The van der Waals surface area contributed by atoms with Gasteiger partial charge >= 0.3 is 0 Å². The number of thiocarbonyl (C=S) groups is 1. The van der Waals surface area contributed by atoms with Crippen LogP contribution < -0.4 is 0 Å². The Morgan fingerprint density at radius 1 is 1.39 bits per heavy atom. The maximum Gasteiger partial charge on any atom is 0.160 e. The molecule has 0 bridgehead atoms. The monoisotopic (exact) mass is 336 g/mol. The first-order valence-corrected chi connectivity index (χ1v) is 8.85. The summed E-state index contributed by atoms with van der Waals surface area (Å²) in [5.74, 6) is 0.713. The van der Waals surface area contributed by atoms with Crippen molar-refractivity contribution in [3.8, 4) is 5.75 Å². The van der Waals surface area contributed by atoms with Crippen LogP contribution in [0.2, 0.25) is 0 Å². The smallest absolute Gasteiger partial charge is 0.160 e. The number of aromatic hydroxyl groups is 1. The van der Waals surface area contributed by atoms with Crippen LogP contribution in [0.25, 0.3) is 0 Å². The standard InChI is InChI=1S/C19H28O3S/c1-4-6-7-15(5-2)13-22-19(23)9-8-16-10-14(3)17(12-20)11-18(16)21/h10-12,15,21H,4-9,13H2,1-3H3. The summed E-state index contributed by atoms with van der Waals surface area (Å²) < 4.78 is 5.72. The fourth-order valence-electron chi connectivity index (χ4n) is 2.52. The number of phenols is 1. The molecule has 0 radical (unpaired) electrons. The van der Waals surface area contributed by atoms with Gasteiger partial charge in [-0.3, -0.25) is 4.79 Å². The van der Waals surface area contributed by atoms with Gasteiger partial charge in [0.25, 0.3) is 0 Å². The van der Waals surface area contributed by atoms with Crippen LogP contribution in [0, 0.1) is 12.8 Å².